The number of nitrogens with zero attached hydrogens (tertiary/aromatic N) is 1. The molecule has 1 aromatic rings. The van der Waals surface area contributed by atoms with Gasteiger partial charge in [-0.2, -0.15) is 13.2 Å². The number of pyridine rings is 1. The van der Waals surface area contributed by atoms with Crippen LogP contribution in [0.2, 0.25) is 0 Å². The summed E-state index contributed by atoms with van der Waals surface area (Å²) in [6.07, 6.45) is -4.24. The normalized spacial score (nSPS) is 13.6. The van der Waals surface area contributed by atoms with Crippen LogP contribution in [0.25, 0.3) is 0 Å². The van der Waals surface area contributed by atoms with Crippen molar-refractivity contribution in [1.29, 1.82) is 0 Å². The van der Waals surface area contributed by atoms with Gasteiger partial charge in [-0.1, -0.05) is 13.0 Å². The molecule has 0 bridgehead atoms. The molecule has 1 rings (SSSR count). The highest BCUT2D eigenvalue weighted by atomic mass is 19.4. The Bertz CT molecular complexity index is 363. The van der Waals surface area contributed by atoms with Gasteiger partial charge in [0.25, 0.3) is 0 Å². The van der Waals surface area contributed by atoms with Crippen molar-refractivity contribution in [3.8, 4) is 0 Å². The van der Waals surface area contributed by atoms with Gasteiger partial charge in [0.05, 0.1) is 5.69 Å². The average Bonchev–Trinajstić information content (AvgIpc) is 2.26. The van der Waals surface area contributed by atoms with E-state index >= 15 is 0 Å². The van der Waals surface area contributed by atoms with Crippen LogP contribution in [0.15, 0.2) is 18.2 Å². The molecule has 0 amide bonds. The standard InChI is InChI=1S/C13H19F3N2/c1-3-17-11(8-5-9-13(14,15)16)12-7-4-6-10(2)18-12/h4,6-7,11,17H,3,5,8-9H2,1-2H3. The molecule has 0 spiro atoms. The Morgan fingerprint density at radius 1 is 1.33 bits per heavy atom. The van der Waals surface area contributed by atoms with E-state index in [1.807, 2.05) is 32.0 Å². The van der Waals surface area contributed by atoms with E-state index < -0.39 is 12.6 Å². The molecule has 2 nitrogen and oxygen atoms in total. The zero-order chi connectivity index (χ0) is 13.6. The maximum atomic E-state index is 12.1. The average molecular weight is 260 g/mol. The van der Waals surface area contributed by atoms with Crippen molar-refractivity contribution in [1.82, 2.24) is 10.3 Å². The molecule has 0 fully saturated rings. The summed E-state index contributed by atoms with van der Waals surface area (Å²) in [6, 6.07) is 5.51. The summed E-state index contributed by atoms with van der Waals surface area (Å²) in [5, 5.41) is 3.18. The van der Waals surface area contributed by atoms with E-state index in [0.717, 1.165) is 11.4 Å². The Balaban J connectivity index is 2.60. The van der Waals surface area contributed by atoms with Gasteiger partial charge in [0.1, 0.15) is 0 Å². The smallest absolute Gasteiger partial charge is 0.309 e. The monoisotopic (exact) mass is 260 g/mol. The molecule has 0 aliphatic carbocycles. The molecule has 1 heterocycles. The largest absolute Gasteiger partial charge is 0.389 e. The first-order valence-electron chi connectivity index (χ1n) is 6.16. The van der Waals surface area contributed by atoms with Gasteiger partial charge in [-0.15, -0.1) is 0 Å². The summed E-state index contributed by atoms with van der Waals surface area (Å²) in [5.41, 5.74) is 1.70. The molecule has 0 aliphatic heterocycles. The number of nitrogens with one attached hydrogen (secondary N) is 1. The van der Waals surface area contributed by atoms with E-state index in [4.69, 9.17) is 0 Å². The summed E-state index contributed by atoms with van der Waals surface area (Å²) in [6.45, 7) is 4.53. The fourth-order valence-corrected chi connectivity index (χ4v) is 1.87. The predicted octanol–water partition coefficient (Wildman–Crippen LogP) is 3.77. The first-order chi connectivity index (χ1) is 8.42. The Morgan fingerprint density at radius 2 is 2.06 bits per heavy atom. The van der Waals surface area contributed by atoms with E-state index in [-0.39, 0.29) is 12.5 Å². The highest BCUT2D eigenvalue weighted by Crippen LogP contribution is 2.25. The zero-order valence-electron chi connectivity index (χ0n) is 10.7. The molecule has 0 saturated carbocycles. The third-order valence-corrected chi connectivity index (χ3v) is 2.67. The molecular weight excluding hydrogens is 241 g/mol. The van der Waals surface area contributed by atoms with Crippen LogP contribution >= 0.6 is 0 Å². The van der Waals surface area contributed by atoms with Gasteiger partial charge in [0.2, 0.25) is 0 Å². The van der Waals surface area contributed by atoms with Crippen LogP contribution in [0, 0.1) is 6.92 Å². The minimum absolute atomic E-state index is 0.0998. The van der Waals surface area contributed by atoms with Gasteiger partial charge in [0, 0.05) is 18.2 Å². The number of aryl methyl sites for hydroxylation is 1. The minimum atomic E-state index is -4.07. The summed E-state index contributed by atoms with van der Waals surface area (Å²) >= 11 is 0. The fourth-order valence-electron chi connectivity index (χ4n) is 1.87. The highest BCUT2D eigenvalue weighted by molar-refractivity contribution is 5.13. The number of alkyl halides is 3. The maximum absolute atomic E-state index is 12.1. The summed E-state index contributed by atoms with van der Waals surface area (Å²) in [7, 11) is 0. The van der Waals surface area contributed by atoms with Gasteiger partial charge in [0.15, 0.2) is 0 Å². The summed E-state index contributed by atoms with van der Waals surface area (Å²) < 4.78 is 36.4. The molecule has 5 heteroatoms. The number of hydrogen-bond donors (Lipinski definition) is 1. The number of rotatable bonds is 6. The van der Waals surface area contributed by atoms with Crippen molar-refractivity contribution in [3.63, 3.8) is 0 Å². The maximum Gasteiger partial charge on any atom is 0.389 e. The Labute approximate surface area is 106 Å². The van der Waals surface area contributed by atoms with Crippen molar-refractivity contribution in [2.24, 2.45) is 0 Å². The number of halogens is 3. The lowest BCUT2D eigenvalue weighted by Gasteiger charge is -2.18. The van der Waals surface area contributed by atoms with E-state index in [1.54, 1.807) is 0 Å². The third kappa shape index (κ3) is 5.49. The molecule has 102 valence electrons. The predicted molar refractivity (Wildman–Crippen MR) is 65.3 cm³/mol. The van der Waals surface area contributed by atoms with Crippen LogP contribution in [0.4, 0.5) is 13.2 Å². The first-order valence-corrected chi connectivity index (χ1v) is 6.16. The van der Waals surface area contributed by atoms with Crippen molar-refractivity contribution in [2.45, 2.75) is 45.3 Å². The molecule has 1 N–H and O–H groups in total. The summed E-state index contributed by atoms with van der Waals surface area (Å²) in [4.78, 5) is 4.36. The first kappa shape index (κ1) is 15.0. The second-order valence-corrected chi connectivity index (χ2v) is 4.32. The molecular formula is C13H19F3N2. The van der Waals surface area contributed by atoms with Gasteiger partial charge >= 0.3 is 6.18 Å². The lowest BCUT2D eigenvalue weighted by molar-refractivity contribution is -0.135. The molecule has 18 heavy (non-hydrogen) atoms. The van der Waals surface area contributed by atoms with E-state index in [2.05, 4.69) is 10.3 Å². The lowest BCUT2D eigenvalue weighted by atomic mass is 10.1. The third-order valence-electron chi connectivity index (χ3n) is 2.67. The van der Waals surface area contributed by atoms with Crippen molar-refractivity contribution >= 4 is 0 Å². The molecule has 0 saturated heterocycles. The van der Waals surface area contributed by atoms with E-state index in [1.165, 1.54) is 0 Å². The second-order valence-electron chi connectivity index (χ2n) is 4.32. The van der Waals surface area contributed by atoms with Gasteiger partial charge in [-0.05, 0) is 38.4 Å². The van der Waals surface area contributed by atoms with Crippen molar-refractivity contribution in [2.75, 3.05) is 6.54 Å². The van der Waals surface area contributed by atoms with Gasteiger partial charge in [-0.25, -0.2) is 0 Å². The quantitative estimate of drug-likeness (QED) is 0.842. The van der Waals surface area contributed by atoms with Crippen LogP contribution in [0.3, 0.4) is 0 Å². The molecule has 0 aliphatic rings. The van der Waals surface area contributed by atoms with Crippen LogP contribution in [0.5, 0.6) is 0 Å². The van der Waals surface area contributed by atoms with Crippen LogP contribution in [-0.4, -0.2) is 17.7 Å². The summed E-state index contributed by atoms with van der Waals surface area (Å²) in [5.74, 6) is 0. The highest BCUT2D eigenvalue weighted by Gasteiger charge is 2.27. The van der Waals surface area contributed by atoms with Crippen molar-refractivity contribution in [3.05, 3.63) is 29.6 Å². The molecule has 1 aromatic heterocycles. The van der Waals surface area contributed by atoms with Gasteiger partial charge in [-0.3, -0.25) is 4.98 Å². The van der Waals surface area contributed by atoms with Crippen molar-refractivity contribution < 1.29 is 13.2 Å². The Kier molecular flexibility index (Phi) is 5.59. The fraction of sp³-hybridized carbons (Fsp3) is 0.615. The number of aromatic nitrogens is 1. The van der Waals surface area contributed by atoms with Gasteiger partial charge < -0.3 is 5.32 Å². The lowest BCUT2D eigenvalue weighted by Crippen LogP contribution is -2.22. The SMILES string of the molecule is CCNC(CCCC(F)(F)F)c1cccc(C)n1. The van der Waals surface area contributed by atoms with Crippen LogP contribution < -0.4 is 5.32 Å². The second kappa shape index (κ2) is 6.73. The topological polar surface area (TPSA) is 24.9 Å². The van der Waals surface area contributed by atoms with E-state index in [0.29, 0.717) is 13.0 Å². The Hall–Kier alpha value is -1.10. The number of hydrogen-bond acceptors (Lipinski definition) is 2. The van der Waals surface area contributed by atoms with Crippen LogP contribution in [-0.2, 0) is 0 Å². The Morgan fingerprint density at radius 3 is 2.61 bits per heavy atom. The zero-order valence-corrected chi connectivity index (χ0v) is 10.7. The molecule has 1 atom stereocenters. The van der Waals surface area contributed by atoms with E-state index in [9.17, 15) is 13.2 Å². The molecule has 1 unspecified atom stereocenters. The molecule has 0 radical (unpaired) electrons. The minimum Gasteiger partial charge on any atom is -0.309 e. The molecule has 0 aromatic carbocycles. The van der Waals surface area contributed by atoms with Crippen LogP contribution in [0.1, 0.15) is 43.6 Å².